The summed E-state index contributed by atoms with van der Waals surface area (Å²) in [5.74, 6) is -0.466. The number of nitrogens with one attached hydrogen (secondary N) is 1. The molecule has 190 valence electrons. The molecule has 1 N–H and O–H groups in total. The SMILES string of the molecule is COC(=O)c1ccc(-n2cc(NC(=O)c3cnn4ccc(N5C[C@H]6CC5CO6)nc34)c(C(F)F)n2)cc1. The fraction of sp³-hybridized carbons (Fsp3) is 0.292. The van der Waals surface area contributed by atoms with Gasteiger partial charge in [-0.15, -0.1) is 0 Å². The van der Waals surface area contributed by atoms with Gasteiger partial charge in [0.1, 0.15) is 11.4 Å². The molecular weight excluding hydrogens is 488 g/mol. The highest BCUT2D eigenvalue weighted by Gasteiger charge is 2.39. The zero-order valence-corrected chi connectivity index (χ0v) is 19.5. The van der Waals surface area contributed by atoms with Gasteiger partial charge in [-0.1, -0.05) is 0 Å². The lowest BCUT2D eigenvalue weighted by molar-refractivity contribution is 0.0600. The van der Waals surface area contributed by atoms with E-state index in [1.165, 1.54) is 53.0 Å². The molecule has 2 atom stereocenters. The Morgan fingerprint density at radius 3 is 2.70 bits per heavy atom. The van der Waals surface area contributed by atoms with Gasteiger partial charge in [0.2, 0.25) is 0 Å². The van der Waals surface area contributed by atoms with Crippen LogP contribution in [0.5, 0.6) is 0 Å². The summed E-state index contributed by atoms with van der Waals surface area (Å²) in [4.78, 5) is 31.6. The van der Waals surface area contributed by atoms with Gasteiger partial charge in [-0.3, -0.25) is 4.79 Å². The molecule has 5 heterocycles. The van der Waals surface area contributed by atoms with E-state index < -0.39 is 24.0 Å². The third-order valence-electron chi connectivity index (χ3n) is 6.54. The molecule has 4 aromatic rings. The topological polar surface area (TPSA) is 116 Å². The molecule has 11 nitrogen and oxygen atoms in total. The predicted octanol–water partition coefficient (Wildman–Crippen LogP) is 2.87. The fourth-order valence-corrected chi connectivity index (χ4v) is 4.69. The molecule has 37 heavy (non-hydrogen) atoms. The second kappa shape index (κ2) is 8.92. The molecule has 2 bridgehead atoms. The summed E-state index contributed by atoms with van der Waals surface area (Å²) >= 11 is 0. The number of methoxy groups -OCH3 is 1. The predicted molar refractivity (Wildman–Crippen MR) is 126 cm³/mol. The minimum absolute atomic E-state index is 0.137. The number of hydrogen-bond donors (Lipinski definition) is 1. The molecule has 0 radical (unpaired) electrons. The van der Waals surface area contributed by atoms with E-state index in [0.29, 0.717) is 29.3 Å². The summed E-state index contributed by atoms with van der Waals surface area (Å²) in [5, 5.41) is 10.6. The van der Waals surface area contributed by atoms with Gasteiger partial charge in [0.25, 0.3) is 12.3 Å². The van der Waals surface area contributed by atoms with Crippen molar-refractivity contribution < 1.29 is 27.8 Å². The number of ether oxygens (including phenoxy) is 2. The molecule has 2 aliphatic heterocycles. The van der Waals surface area contributed by atoms with Crippen LogP contribution in [0, 0.1) is 0 Å². The molecule has 0 aliphatic carbocycles. The Hall–Kier alpha value is -4.39. The van der Waals surface area contributed by atoms with Crippen molar-refractivity contribution in [2.24, 2.45) is 0 Å². The first-order valence-corrected chi connectivity index (χ1v) is 11.5. The first-order valence-electron chi connectivity index (χ1n) is 11.5. The Morgan fingerprint density at radius 2 is 2.03 bits per heavy atom. The van der Waals surface area contributed by atoms with Crippen LogP contribution in [0.25, 0.3) is 11.3 Å². The van der Waals surface area contributed by atoms with Crippen molar-refractivity contribution in [3.8, 4) is 5.69 Å². The highest BCUT2D eigenvalue weighted by molar-refractivity contribution is 6.08. The van der Waals surface area contributed by atoms with E-state index in [4.69, 9.17) is 4.74 Å². The van der Waals surface area contributed by atoms with Crippen LogP contribution >= 0.6 is 0 Å². The molecule has 2 fully saturated rings. The van der Waals surface area contributed by atoms with Gasteiger partial charge in [0, 0.05) is 12.7 Å². The van der Waals surface area contributed by atoms with Gasteiger partial charge < -0.3 is 19.7 Å². The van der Waals surface area contributed by atoms with Crippen molar-refractivity contribution >= 4 is 29.0 Å². The number of esters is 1. The first-order chi connectivity index (χ1) is 17.9. The lowest BCUT2D eigenvalue weighted by atomic mass is 10.2. The van der Waals surface area contributed by atoms with E-state index in [2.05, 4.69) is 30.1 Å². The number of benzene rings is 1. The van der Waals surface area contributed by atoms with Crippen molar-refractivity contribution in [2.45, 2.75) is 25.0 Å². The van der Waals surface area contributed by atoms with Gasteiger partial charge in [0.05, 0.1) is 55.2 Å². The number of hydrogen-bond acceptors (Lipinski definition) is 8. The lowest BCUT2D eigenvalue weighted by Crippen LogP contribution is -2.37. The highest BCUT2D eigenvalue weighted by atomic mass is 19.3. The Labute approximate surface area is 208 Å². The smallest absolute Gasteiger partial charge is 0.337 e. The Balaban J connectivity index is 1.28. The molecule has 6 rings (SSSR count). The fourth-order valence-electron chi connectivity index (χ4n) is 4.69. The molecule has 1 aromatic carbocycles. The largest absolute Gasteiger partial charge is 0.465 e. The molecule has 0 saturated carbocycles. The molecular formula is C24H21F2N7O4. The zero-order chi connectivity index (χ0) is 25.7. The monoisotopic (exact) mass is 509 g/mol. The minimum atomic E-state index is -2.94. The van der Waals surface area contributed by atoms with Gasteiger partial charge in [0.15, 0.2) is 11.3 Å². The van der Waals surface area contributed by atoms with Gasteiger partial charge >= 0.3 is 5.97 Å². The zero-order valence-electron chi connectivity index (χ0n) is 19.5. The van der Waals surface area contributed by atoms with Gasteiger partial charge in [-0.25, -0.2) is 27.8 Å². The summed E-state index contributed by atoms with van der Waals surface area (Å²) in [6, 6.07) is 8.11. The number of nitrogens with zero attached hydrogens (tertiary/aromatic N) is 6. The molecule has 0 spiro atoms. The Kier molecular flexibility index (Phi) is 5.56. The van der Waals surface area contributed by atoms with Gasteiger partial charge in [-0.05, 0) is 36.8 Å². The maximum atomic E-state index is 13.8. The number of aromatic nitrogens is 5. The number of halogens is 2. The molecule has 3 aromatic heterocycles. The molecule has 1 amide bonds. The van der Waals surface area contributed by atoms with Crippen LogP contribution in [0.1, 0.15) is 39.3 Å². The van der Waals surface area contributed by atoms with Crippen LogP contribution in [-0.2, 0) is 9.47 Å². The van der Waals surface area contributed by atoms with E-state index >= 15 is 0 Å². The minimum Gasteiger partial charge on any atom is -0.465 e. The van der Waals surface area contributed by atoms with Crippen molar-refractivity contribution in [2.75, 3.05) is 30.5 Å². The van der Waals surface area contributed by atoms with E-state index in [9.17, 15) is 18.4 Å². The number of carbonyl (C=O) groups is 2. The molecule has 2 aliphatic rings. The quantitative estimate of drug-likeness (QED) is 0.395. The summed E-state index contributed by atoms with van der Waals surface area (Å²) < 4.78 is 40.6. The molecule has 1 unspecified atom stereocenters. The Morgan fingerprint density at radius 1 is 1.22 bits per heavy atom. The van der Waals surface area contributed by atoms with Crippen LogP contribution in [0.4, 0.5) is 20.3 Å². The van der Waals surface area contributed by atoms with Crippen LogP contribution in [0.2, 0.25) is 0 Å². The van der Waals surface area contributed by atoms with Crippen molar-refractivity contribution in [1.82, 2.24) is 24.4 Å². The number of anilines is 2. The lowest BCUT2D eigenvalue weighted by Gasteiger charge is -2.27. The number of rotatable bonds is 6. The summed E-state index contributed by atoms with van der Waals surface area (Å²) in [5.41, 5.74) is 0.419. The summed E-state index contributed by atoms with van der Waals surface area (Å²) in [6.45, 7) is 1.36. The second-order valence-electron chi connectivity index (χ2n) is 8.78. The normalized spacial score (nSPS) is 18.6. The first kappa shape index (κ1) is 23.0. The highest BCUT2D eigenvalue weighted by Crippen LogP contribution is 2.32. The van der Waals surface area contributed by atoms with E-state index in [1.807, 2.05) is 6.07 Å². The summed E-state index contributed by atoms with van der Waals surface area (Å²) in [7, 11) is 1.26. The number of carbonyl (C=O) groups excluding carboxylic acids is 2. The van der Waals surface area contributed by atoms with Crippen molar-refractivity contribution in [1.29, 1.82) is 0 Å². The molecule has 2 saturated heterocycles. The van der Waals surface area contributed by atoms with Crippen LogP contribution in [0.3, 0.4) is 0 Å². The Bertz CT molecular complexity index is 1500. The maximum Gasteiger partial charge on any atom is 0.337 e. The van der Waals surface area contributed by atoms with E-state index in [1.54, 1.807) is 6.20 Å². The number of fused-ring (bicyclic) bond motifs is 3. The van der Waals surface area contributed by atoms with E-state index in [-0.39, 0.29) is 23.4 Å². The standard InChI is InChI=1S/C24H21F2N7O4/c1-36-24(35)13-2-4-14(5-3-13)33-11-18(20(30-33)21(25)26)28-23(34)17-9-27-32-7-6-19(29-22(17)32)31-10-16-8-15(31)12-37-16/h2-7,9,11,15-16,21H,8,10,12H2,1H3,(H,28,34)/t15?,16-/m1/s1. The third kappa shape index (κ3) is 4.06. The van der Waals surface area contributed by atoms with Crippen LogP contribution < -0.4 is 10.2 Å². The summed E-state index contributed by atoms with van der Waals surface area (Å²) in [6.07, 6.45) is 2.52. The van der Waals surface area contributed by atoms with Gasteiger partial charge in [-0.2, -0.15) is 10.2 Å². The van der Waals surface area contributed by atoms with E-state index in [0.717, 1.165) is 13.0 Å². The van der Waals surface area contributed by atoms with Crippen molar-refractivity contribution in [3.05, 3.63) is 65.7 Å². The second-order valence-corrected chi connectivity index (χ2v) is 8.78. The van der Waals surface area contributed by atoms with Crippen molar-refractivity contribution in [3.63, 3.8) is 0 Å². The third-order valence-corrected chi connectivity index (χ3v) is 6.54. The average Bonchev–Trinajstić information content (AvgIpc) is 3.71. The van der Waals surface area contributed by atoms with Crippen LogP contribution in [0.15, 0.2) is 48.9 Å². The number of amides is 1. The maximum absolute atomic E-state index is 13.8. The number of alkyl halides is 2. The molecule has 13 heteroatoms. The van der Waals surface area contributed by atoms with Crippen LogP contribution in [-0.4, -0.2) is 68.7 Å². The average molecular weight is 509 g/mol. The number of morpholine rings is 1.